The number of para-hydroxylation sites is 1. The average molecular weight is 476 g/mol. The lowest BCUT2D eigenvalue weighted by molar-refractivity contribution is -0.127. The van der Waals surface area contributed by atoms with E-state index in [9.17, 15) is 4.79 Å². The van der Waals surface area contributed by atoms with Crippen LogP contribution in [-0.2, 0) is 4.79 Å². The minimum atomic E-state index is -0.0270. The molecular weight excluding hydrogens is 443 g/mol. The molecule has 1 aromatic rings. The molecule has 1 unspecified atom stereocenters. The van der Waals surface area contributed by atoms with E-state index >= 15 is 0 Å². The molecule has 0 aliphatic heterocycles. The number of benzene rings is 1. The van der Waals surface area contributed by atoms with Gasteiger partial charge in [0.2, 0.25) is 5.91 Å². The maximum atomic E-state index is 11.7. The zero-order chi connectivity index (χ0) is 18.7. The highest BCUT2D eigenvalue weighted by Gasteiger charge is 2.08. The Bertz CT molecular complexity index is 564. The third kappa shape index (κ3) is 9.84. The highest BCUT2D eigenvalue weighted by atomic mass is 127. The number of ether oxygens (including phenoxy) is 1. The van der Waals surface area contributed by atoms with Crippen LogP contribution in [0.25, 0.3) is 0 Å². The van der Waals surface area contributed by atoms with E-state index in [1.54, 1.807) is 14.1 Å². The van der Waals surface area contributed by atoms with Crippen LogP contribution in [0.3, 0.4) is 0 Å². The number of unbranched alkanes of at least 4 members (excludes halogenated alkanes) is 1. The Labute approximate surface area is 174 Å². The predicted octanol–water partition coefficient (Wildman–Crippen LogP) is 2.80. The second kappa shape index (κ2) is 13.7. The number of amides is 1. The number of hydrogen-bond acceptors (Lipinski definition) is 3. The minimum absolute atomic E-state index is 0. The fourth-order valence-corrected chi connectivity index (χ4v) is 2.03. The maximum Gasteiger partial charge on any atom is 0.243 e. The Morgan fingerprint density at radius 3 is 2.58 bits per heavy atom. The molecule has 148 valence electrons. The first-order valence-corrected chi connectivity index (χ1v) is 8.88. The van der Waals surface area contributed by atoms with Crippen molar-refractivity contribution in [2.45, 2.75) is 39.7 Å². The number of carbonyl (C=O) groups is 1. The van der Waals surface area contributed by atoms with Crippen LogP contribution in [0.5, 0.6) is 5.75 Å². The van der Waals surface area contributed by atoms with Crippen LogP contribution in [0, 0.1) is 6.92 Å². The fourth-order valence-electron chi connectivity index (χ4n) is 2.03. The lowest BCUT2D eigenvalue weighted by atomic mass is 10.2. The van der Waals surface area contributed by atoms with Gasteiger partial charge in [-0.3, -0.25) is 4.79 Å². The van der Waals surface area contributed by atoms with E-state index in [2.05, 4.69) is 22.5 Å². The first-order valence-electron chi connectivity index (χ1n) is 8.88. The predicted molar refractivity (Wildman–Crippen MR) is 119 cm³/mol. The number of nitrogens with zero attached hydrogens (tertiary/aromatic N) is 2. The summed E-state index contributed by atoms with van der Waals surface area (Å²) in [5, 5.41) is 6.51. The molecule has 0 aliphatic rings. The Morgan fingerprint density at radius 1 is 1.27 bits per heavy atom. The molecular formula is C19H33IN4O2. The number of nitrogens with one attached hydrogen (secondary N) is 2. The van der Waals surface area contributed by atoms with Crippen molar-refractivity contribution in [1.82, 2.24) is 15.5 Å². The summed E-state index contributed by atoms with van der Waals surface area (Å²) in [5.41, 5.74) is 1.11. The highest BCUT2D eigenvalue weighted by molar-refractivity contribution is 14.0. The number of hydrogen-bond donors (Lipinski definition) is 2. The van der Waals surface area contributed by atoms with Crippen LogP contribution in [0.1, 0.15) is 32.3 Å². The minimum Gasteiger partial charge on any atom is -0.489 e. The molecule has 0 fully saturated rings. The Hall–Kier alpha value is -1.51. The first-order chi connectivity index (χ1) is 11.9. The summed E-state index contributed by atoms with van der Waals surface area (Å²) in [4.78, 5) is 17.6. The van der Waals surface area contributed by atoms with Crippen molar-refractivity contribution in [3.05, 3.63) is 29.8 Å². The summed E-state index contributed by atoms with van der Waals surface area (Å²) < 4.78 is 5.96. The molecule has 1 amide bonds. The van der Waals surface area contributed by atoms with Crippen LogP contribution < -0.4 is 15.4 Å². The van der Waals surface area contributed by atoms with Crippen LogP contribution >= 0.6 is 24.0 Å². The molecule has 0 bridgehead atoms. The van der Waals surface area contributed by atoms with Gasteiger partial charge in [-0.25, -0.2) is 4.99 Å². The van der Waals surface area contributed by atoms with Crippen LogP contribution in [0.15, 0.2) is 29.3 Å². The molecule has 1 atom stereocenters. The van der Waals surface area contributed by atoms with Gasteiger partial charge in [-0.2, -0.15) is 0 Å². The largest absolute Gasteiger partial charge is 0.489 e. The lowest BCUT2D eigenvalue weighted by Crippen LogP contribution is -2.43. The van der Waals surface area contributed by atoms with Crippen molar-refractivity contribution in [1.29, 1.82) is 0 Å². The summed E-state index contributed by atoms with van der Waals surface area (Å²) >= 11 is 0. The van der Waals surface area contributed by atoms with E-state index in [4.69, 9.17) is 4.74 Å². The standard InChI is InChI=1S/C19H32N4O2.HI/c1-6-7-12-20-19(22-14-18(24)23(4)5)21-13-16(3)25-17-11-9-8-10-15(17)2;/h8-11,16H,6-7,12-14H2,1-5H3,(H2,20,21,22);1H. The number of carbonyl (C=O) groups excluding carboxylic acids is 1. The quantitative estimate of drug-likeness (QED) is 0.249. The van der Waals surface area contributed by atoms with Gasteiger partial charge >= 0.3 is 0 Å². The summed E-state index contributed by atoms with van der Waals surface area (Å²) in [6.07, 6.45) is 2.13. The summed E-state index contributed by atoms with van der Waals surface area (Å²) in [5.74, 6) is 1.50. The Morgan fingerprint density at radius 2 is 1.96 bits per heavy atom. The van der Waals surface area contributed by atoms with Crippen molar-refractivity contribution in [3.8, 4) is 5.75 Å². The van der Waals surface area contributed by atoms with Gasteiger partial charge in [0.15, 0.2) is 5.96 Å². The summed E-state index contributed by atoms with van der Waals surface area (Å²) in [7, 11) is 3.46. The number of guanidine groups is 1. The molecule has 0 spiro atoms. The van der Waals surface area contributed by atoms with Gasteiger partial charge in [0.05, 0.1) is 6.54 Å². The molecule has 1 aromatic carbocycles. The molecule has 2 N–H and O–H groups in total. The second-order valence-electron chi connectivity index (χ2n) is 6.31. The van der Waals surface area contributed by atoms with Gasteiger partial charge < -0.3 is 20.3 Å². The molecule has 0 aromatic heterocycles. The zero-order valence-electron chi connectivity index (χ0n) is 16.5. The van der Waals surface area contributed by atoms with Gasteiger partial charge in [-0.1, -0.05) is 31.5 Å². The highest BCUT2D eigenvalue weighted by Crippen LogP contribution is 2.17. The van der Waals surface area contributed by atoms with E-state index < -0.39 is 0 Å². The molecule has 1 rings (SSSR count). The summed E-state index contributed by atoms with van der Waals surface area (Å²) in [6, 6.07) is 7.96. The third-order valence-corrected chi connectivity index (χ3v) is 3.67. The topological polar surface area (TPSA) is 66.0 Å². The van der Waals surface area contributed by atoms with Crippen molar-refractivity contribution < 1.29 is 9.53 Å². The van der Waals surface area contributed by atoms with E-state index in [-0.39, 0.29) is 42.5 Å². The molecule has 26 heavy (non-hydrogen) atoms. The number of aryl methyl sites for hydroxylation is 1. The number of rotatable bonds is 9. The zero-order valence-corrected chi connectivity index (χ0v) is 18.9. The molecule has 0 radical (unpaired) electrons. The number of aliphatic imine (C=N–C) groups is 1. The fraction of sp³-hybridized carbons (Fsp3) is 0.579. The normalized spacial score (nSPS) is 12.0. The smallest absolute Gasteiger partial charge is 0.243 e. The summed E-state index contributed by atoms with van der Waals surface area (Å²) in [6.45, 7) is 7.73. The first kappa shape index (κ1) is 24.5. The molecule has 0 heterocycles. The molecule has 0 aliphatic carbocycles. The molecule has 7 heteroatoms. The lowest BCUT2D eigenvalue weighted by Gasteiger charge is -2.19. The van der Waals surface area contributed by atoms with E-state index in [1.807, 2.05) is 38.1 Å². The Balaban J connectivity index is 0.00000625. The van der Waals surface area contributed by atoms with Crippen LogP contribution in [0.2, 0.25) is 0 Å². The van der Waals surface area contributed by atoms with Gasteiger partial charge in [0.25, 0.3) is 0 Å². The number of likely N-dealkylation sites (N-methyl/N-ethyl adjacent to an activating group) is 1. The monoisotopic (exact) mass is 476 g/mol. The van der Waals surface area contributed by atoms with Gasteiger partial charge in [0.1, 0.15) is 18.4 Å². The van der Waals surface area contributed by atoms with Crippen molar-refractivity contribution in [2.75, 3.05) is 33.7 Å². The molecule has 0 saturated carbocycles. The Kier molecular flexibility index (Phi) is 12.9. The SMILES string of the molecule is CCCCNC(=NCC(=O)N(C)C)NCC(C)Oc1ccccc1C.I. The van der Waals surface area contributed by atoms with E-state index in [0.29, 0.717) is 12.5 Å². The number of halogens is 1. The third-order valence-electron chi connectivity index (χ3n) is 3.67. The second-order valence-corrected chi connectivity index (χ2v) is 6.31. The van der Waals surface area contributed by atoms with Gasteiger partial charge in [0, 0.05) is 20.6 Å². The van der Waals surface area contributed by atoms with Crippen molar-refractivity contribution in [3.63, 3.8) is 0 Å². The molecule has 0 saturated heterocycles. The van der Waals surface area contributed by atoms with Crippen LogP contribution in [0.4, 0.5) is 0 Å². The van der Waals surface area contributed by atoms with E-state index in [0.717, 1.165) is 30.7 Å². The van der Waals surface area contributed by atoms with E-state index in [1.165, 1.54) is 4.90 Å². The van der Waals surface area contributed by atoms with Crippen LogP contribution in [-0.4, -0.2) is 56.6 Å². The van der Waals surface area contributed by atoms with Gasteiger partial charge in [-0.15, -0.1) is 24.0 Å². The maximum absolute atomic E-state index is 11.7. The van der Waals surface area contributed by atoms with Gasteiger partial charge in [-0.05, 0) is 31.9 Å². The van der Waals surface area contributed by atoms with Crippen molar-refractivity contribution >= 4 is 35.8 Å². The van der Waals surface area contributed by atoms with Crippen molar-refractivity contribution in [2.24, 2.45) is 4.99 Å². The average Bonchev–Trinajstić information content (AvgIpc) is 2.58. The molecule has 6 nitrogen and oxygen atoms in total.